The van der Waals surface area contributed by atoms with E-state index in [1.165, 1.54) is 23.3 Å². The number of nitrogens with zero attached hydrogens (tertiary/aromatic N) is 3. The van der Waals surface area contributed by atoms with E-state index in [1.807, 2.05) is 38.3 Å². The van der Waals surface area contributed by atoms with E-state index in [9.17, 15) is 9.59 Å². The molecular weight excluding hydrogens is 458 g/mol. The minimum atomic E-state index is -0.543. The molecule has 0 saturated carbocycles. The van der Waals surface area contributed by atoms with Crippen molar-refractivity contribution >= 4 is 29.0 Å². The zero-order valence-electron chi connectivity index (χ0n) is 19.9. The molecule has 0 atom stereocenters. The first kappa shape index (κ1) is 25.0. The summed E-state index contributed by atoms with van der Waals surface area (Å²) >= 11 is 1.50. The number of ether oxygens (including phenoxy) is 2. The summed E-state index contributed by atoms with van der Waals surface area (Å²) in [5.41, 5.74) is 0.582. The summed E-state index contributed by atoms with van der Waals surface area (Å²) in [7, 11) is 3.17. The van der Waals surface area contributed by atoms with E-state index in [0.29, 0.717) is 36.2 Å². The second-order valence-electron chi connectivity index (χ2n) is 8.40. The van der Waals surface area contributed by atoms with Crippen LogP contribution in [0.4, 0.5) is 10.5 Å². The first-order chi connectivity index (χ1) is 16.2. The molecule has 0 radical (unpaired) electrons. The number of anilines is 1. The van der Waals surface area contributed by atoms with Crippen LogP contribution in [0.3, 0.4) is 0 Å². The van der Waals surface area contributed by atoms with Gasteiger partial charge in [-0.1, -0.05) is 6.07 Å². The van der Waals surface area contributed by atoms with E-state index in [0.717, 1.165) is 10.6 Å². The summed E-state index contributed by atoms with van der Waals surface area (Å²) in [6.07, 6.45) is -0.386. The lowest BCUT2D eigenvalue weighted by Gasteiger charge is -2.24. The number of carbonyl (C=O) groups excluding carboxylic acids is 2. The molecule has 0 unspecified atom stereocenters. The number of aromatic nitrogens is 2. The number of benzene rings is 1. The number of methoxy groups -OCH3 is 1. The number of amides is 2. The molecule has 11 heteroatoms. The summed E-state index contributed by atoms with van der Waals surface area (Å²) in [6, 6.07) is 8.95. The SMILES string of the molecule is COc1cc(NCCN(C)C(=O)OC(C)(C)C)ccc1C(=O)NCc1nnc(-c2cccs2)o1. The Hall–Kier alpha value is -3.60. The number of likely N-dealkylation sites (N-methyl/N-ethyl adjacent to an activating group) is 1. The Morgan fingerprint density at radius 1 is 1.21 bits per heavy atom. The standard InChI is InChI=1S/C23H29N5O5S/c1-23(2,3)33-22(30)28(4)11-10-24-15-8-9-16(17(13-15)31-5)20(29)25-14-19-26-27-21(32-19)18-7-6-12-34-18/h6-9,12-13,24H,10-11,14H2,1-5H3,(H,25,29). The number of hydrogen-bond acceptors (Lipinski definition) is 9. The van der Waals surface area contributed by atoms with E-state index >= 15 is 0 Å². The molecule has 0 saturated heterocycles. The van der Waals surface area contributed by atoms with Crippen LogP contribution in [0.5, 0.6) is 5.75 Å². The molecule has 0 fully saturated rings. The Labute approximate surface area is 202 Å². The molecule has 0 aliphatic carbocycles. The summed E-state index contributed by atoms with van der Waals surface area (Å²) in [5, 5.41) is 15.9. The molecule has 10 nitrogen and oxygen atoms in total. The molecular formula is C23H29N5O5S. The second-order valence-corrected chi connectivity index (χ2v) is 9.35. The van der Waals surface area contributed by atoms with Gasteiger partial charge in [-0.15, -0.1) is 21.5 Å². The molecule has 3 aromatic rings. The molecule has 2 N–H and O–H groups in total. The van der Waals surface area contributed by atoms with Gasteiger partial charge >= 0.3 is 6.09 Å². The molecule has 3 rings (SSSR count). The fourth-order valence-electron chi connectivity index (χ4n) is 2.86. The van der Waals surface area contributed by atoms with Gasteiger partial charge in [0.25, 0.3) is 11.8 Å². The highest BCUT2D eigenvalue weighted by molar-refractivity contribution is 7.13. The van der Waals surface area contributed by atoms with Crippen LogP contribution in [0.1, 0.15) is 37.0 Å². The Morgan fingerprint density at radius 2 is 2.00 bits per heavy atom. The third kappa shape index (κ3) is 6.95. The Morgan fingerprint density at radius 3 is 2.68 bits per heavy atom. The van der Waals surface area contributed by atoms with Crippen LogP contribution in [0.25, 0.3) is 10.8 Å². The highest BCUT2D eigenvalue weighted by Gasteiger charge is 2.19. The fraction of sp³-hybridized carbons (Fsp3) is 0.391. The van der Waals surface area contributed by atoms with E-state index in [4.69, 9.17) is 13.9 Å². The van der Waals surface area contributed by atoms with Crippen LogP contribution in [-0.2, 0) is 11.3 Å². The van der Waals surface area contributed by atoms with Gasteiger partial charge in [0, 0.05) is 31.9 Å². The van der Waals surface area contributed by atoms with Crippen LogP contribution in [0, 0.1) is 0 Å². The second kappa shape index (κ2) is 11.0. The van der Waals surface area contributed by atoms with Crippen molar-refractivity contribution in [3.8, 4) is 16.5 Å². The predicted octanol–water partition coefficient (Wildman–Crippen LogP) is 4.02. The van der Waals surface area contributed by atoms with Gasteiger partial charge in [-0.05, 0) is 44.4 Å². The van der Waals surface area contributed by atoms with Gasteiger partial charge < -0.3 is 29.4 Å². The van der Waals surface area contributed by atoms with Crippen molar-refractivity contribution in [1.82, 2.24) is 20.4 Å². The molecule has 0 aliphatic heterocycles. The molecule has 0 aliphatic rings. The van der Waals surface area contributed by atoms with Gasteiger partial charge in [0.15, 0.2) is 0 Å². The predicted molar refractivity (Wildman–Crippen MR) is 129 cm³/mol. The molecule has 2 aromatic heterocycles. The minimum absolute atomic E-state index is 0.0946. The smallest absolute Gasteiger partial charge is 0.410 e. The Balaban J connectivity index is 1.53. The van der Waals surface area contributed by atoms with Gasteiger partial charge in [0.1, 0.15) is 11.4 Å². The summed E-state index contributed by atoms with van der Waals surface area (Å²) in [4.78, 5) is 27.1. The first-order valence-electron chi connectivity index (χ1n) is 10.7. The lowest BCUT2D eigenvalue weighted by Crippen LogP contribution is -2.36. The Bertz CT molecular complexity index is 1110. The molecule has 0 spiro atoms. The molecule has 2 amide bonds. The maximum atomic E-state index is 12.7. The highest BCUT2D eigenvalue weighted by atomic mass is 32.1. The van der Waals surface area contributed by atoms with Crippen LogP contribution in [0.2, 0.25) is 0 Å². The highest BCUT2D eigenvalue weighted by Crippen LogP contribution is 2.24. The van der Waals surface area contributed by atoms with Crippen molar-refractivity contribution in [2.45, 2.75) is 32.9 Å². The van der Waals surface area contributed by atoms with Crippen molar-refractivity contribution in [3.63, 3.8) is 0 Å². The van der Waals surface area contributed by atoms with Crippen molar-refractivity contribution in [2.75, 3.05) is 32.6 Å². The monoisotopic (exact) mass is 487 g/mol. The maximum absolute atomic E-state index is 12.7. The minimum Gasteiger partial charge on any atom is -0.496 e. The van der Waals surface area contributed by atoms with Crippen LogP contribution in [-0.4, -0.2) is 59.9 Å². The van der Waals surface area contributed by atoms with Crippen molar-refractivity contribution in [2.24, 2.45) is 0 Å². The maximum Gasteiger partial charge on any atom is 0.410 e. The summed E-state index contributed by atoms with van der Waals surface area (Å²) in [5.74, 6) is 0.810. The van der Waals surface area contributed by atoms with Crippen molar-refractivity contribution in [3.05, 3.63) is 47.2 Å². The average molecular weight is 488 g/mol. The topological polar surface area (TPSA) is 119 Å². The normalized spacial score (nSPS) is 11.1. The zero-order chi connectivity index (χ0) is 24.7. The number of rotatable bonds is 9. The van der Waals surface area contributed by atoms with Crippen LogP contribution in [0.15, 0.2) is 40.1 Å². The number of thiophene rings is 1. The lowest BCUT2D eigenvalue weighted by molar-refractivity contribution is 0.0305. The molecule has 2 heterocycles. The van der Waals surface area contributed by atoms with Crippen molar-refractivity contribution < 1.29 is 23.5 Å². The molecule has 0 bridgehead atoms. The van der Waals surface area contributed by atoms with E-state index < -0.39 is 5.60 Å². The summed E-state index contributed by atoms with van der Waals surface area (Å²) < 4.78 is 16.3. The number of carbonyl (C=O) groups is 2. The van der Waals surface area contributed by atoms with Gasteiger partial charge in [-0.3, -0.25) is 4.79 Å². The third-order valence-corrected chi connectivity index (χ3v) is 5.38. The molecule has 182 valence electrons. The first-order valence-corrected chi connectivity index (χ1v) is 11.5. The van der Waals surface area contributed by atoms with Crippen molar-refractivity contribution in [1.29, 1.82) is 0 Å². The van der Waals surface area contributed by atoms with E-state index in [1.54, 1.807) is 25.2 Å². The van der Waals surface area contributed by atoms with E-state index in [2.05, 4.69) is 20.8 Å². The van der Waals surface area contributed by atoms with E-state index in [-0.39, 0.29) is 18.5 Å². The zero-order valence-corrected chi connectivity index (χ0v) is 20.7. The Kier molecular flexibility index (Phi) is 8.11. The van der Waals surface area contributed by atoms with Gasteiger partial charge in [0.05, 0.1) is 24.1 Å². The largest absolute Gasteiger partial charge is 0.496 e. The summed E-state index contributed by atoms with van der Waals surface area (Å²) in [6.45, 7) is 6.50. The van der Waals surface area contributed by atoms with Gasteiger partial charge in [-0.25, -0.2) is 4.79 Å². The van der Waals surface area contributed by atoms with Crippen LogP contribution < -0.4 is 15.4 Å². The number of hydrogen-bond donors (Lipinski definition) is 2. The molecule has 34 heavy (non-hydrogen) atoms. The van der Waals surface area contributed by atoms with Gasteiger partial charge in [-0.2, -0.15) is 0 Å². The lowest BCUT2D eigenvalue weighted by atomic mass is 10.1. The van der Waals surface area contributed by atoms with Gasteiger partial charge in [0.2, 0.25) is 5.89 Å². The third-order valence-electron chi connectivity index (χ3n) is 4.53. The fourth-order valence-corrected chi connectivity index (χ4v) is 3.51. The number of nitrogens with one attached hydrogen (secondary N) is 2. The quantitative estimate of drug-likeness (QED) is 0.465. The van der Waals surface area contributed by atoms with Crippen LogP contribution >= 0.6 is 11.3 Å². The average Bonchev–Trinajstić information content (AvgIpc) is 3.48. The molecule has 1 aromatic carbocycles.